The van der Waals surface area contributed by atoms with Crippen LogP contribution in [0.2, 0.25) is 0 Å². The van der Waals surface area contributed by atoms with Gasteiger partial charge in [0.15, 0.2) is 11.5 Å². The number of aromatic nitrogens is 1. The number of rotatable bonds is 9. The normalized spacial score (nSPS) is 24.3. The van der Waals surface area contributed by atoms with Crippen molar-refractivity contribution in [3.63, 3.8) is 0 Å². The third-order valence-electron chi connectivity index (χ3n) is 7.83. The number of likely N-dealkylation sites (tertiary alicyclic amines) is 2. The van der Waals surface area contributed by atoms with E-state index in [0.29, 0.717) is 12.6 Å². The van der Waals surface area contributed by atoms with E-state index in [1.54, 1.807) is 7.11 Å². The number of methoxy groups -OCH3 is 1. The van der Waals surface area contributed by atoms with E-state index in [9.17, 15) is 0 Å². The number of fused-ring (bicyclic) bond motifs is 1. The lowest BCUT2D eigenvalue weighted by Crippen LogP contribution is -2.36. The lowest BCUT2D eigenvalue weighted by atomic mass is 10.0. The molecule has 3 aliphatic heterocycles. The molecule has 0 saturated carbocycles. The topological polar surface area (TPSA) is 59.1 Å². The summed E-state index contributed by atoms with van der Waals surface area (Å²) in [6.45, 7) is 8.62. The van der Waals surface area contributed by atoms with Crippen LogP contribution in [0.5, 0.6) is 11.5 Å². The Balaban J connectivity index is 1.39. The van der Waals surface area contributed by atoms with Gasteiger partial charge in [0.25, 0.3) is 0 Å². The zero-order valence-electron chi connectivity index (χ0n) is 21.7. The van der Waals surface area contributed by atoms with Crippen molar-refractivity contribution in [2.75, 3.05) is 58.8 Å². The summed E-state index contributed by atoms with van der Waals surface area (Å²) in [7, 11) is 3.92. The summed E-state index contributed by atoms with van der Waals surface area (Å²) in [5, 5.41) is 4.93. The highest BCUT2D eigenvalue weighted by Crippen LogP contribution is 2.39. The van der Waals surface area contributed by atoms with Crippen LogP contribution in [0, 0.1) is 0 Å². The van der Waals surface area contributed by atoms with E-state index in [1.807, 2.05) is 0 Å². The Labute approximate surface area is 210 Å². The fourth-order valence-corrected chi connectivity index (χ4v) is 5.68. The number of ether oxygens (including phenoxy) is 3. The van der Waals surface area contributed by atoms with Gasteiger partial charge in [-0.1, -0.05) is 0 Å². The standard InChI is InChI=1S/C28H42N4O3/c1-20-7-8-26(35-20)25-18-23(29-21-9-14-31(2)15-10-21)22-17-27(33-3)28(19-24(22)30-25)34-16-6-13-32-11-4-5-12-32/h17-21,26H,4-16H2,1-3H3,(H,29,30). The van der Waals surface area contributed by atoms with Crippen molar-refractivity contribution in [3.05, 3.63) is 23.9 Å². The van der Waals surface area contributed by atoms with Gasteiger partial charge in [-0.3, -0.25) is 0 Å². The molecule has 5 rings (SSSR count). The molecular weight excluding hydrogens is 440 g/mol. The van der Waals surface area contributed by atoms with E-state index >= 15 is 0 Å². The number of hydrogen-bond acceptors (Lipinski definition) is 7. The first kappa shape index (κ1) is 24.6. The van der Waals surface area contributed by atoms with Crippen molar-refractivity contribution in [1.82, 2.24) is 14.8 Å². The second-order valence-corrected chi connectivity index (χ2v) is 10.6. The third kappa shape index (κ3) is 6.01. The minimum atomic E-state index is 0.0550. The first-order valence-corrected chi connectivity index (χ1v) is 13.6. The molecule has 192 valence electrons. The van der Waals surface area contributed by atoms with Crippen molar-refractivity contribution in [3.8, 4) is 11.5 Å². The molecule has 2 atom stereocenters. The molecular formula is C28H42N4O3. The lowest BCUT2D eigenvalue weighted by Gasteiger charge is -2.30. The van der Waals surface area contributed by atoms with Gasteiger partial charge < -0.3 is 29.3 Å². The fraction of sp³-hybridized carbons (Fsp3) is 0.679. The largest absolute Gasteiger partial charge is 0.493 e. The van der Waals surface area contributed by atoms with E-state index in [0.717, 1.165) is 85.5 Å². The number of piperidine rings is 1. The van der Waals surface area contributed by atoms with E-state index < -0.39 is 0 Å². The molecule has 1 N–H and O–H groups in total. The van der Waals surface area contributed by atoms with E-state index in [1.165, 1.54) is 25.9 Å². The third-order valence-corrected chi connectivity index (χ3v) is 7.83. The minimum Gasteiger partial charge on any atom is -0.493 e. The van der Waals surface area contributed by atoms with Gasteiger partial charge in [0.2, 0.25) is 0 Å². The van der Waals surface area contributed by atoms with Crippen LogP contribution in [0.15, 0.2) is 18.2 Å². The summed E-state index contributed by atoms with van der Waals surface area (Å²) in [6.07, 6.45) is 8.39. The summed E-state index contributed by atoms with van der Waals surface area (Å²) in [5.74, 6) is 1.54. The molecule has 1 aromatic heterocycles. The Bertz CT molecular complexity index is 986. The molecule has 0 aliphatic carbocycles. The Morgan fingerprint density at radius 1 is 1.03 bits per heavy atom. The van der Waals surface area contributed by atoms with Gasteiger partial charge in [-0.15, -0.1) is 0 Å². The second kappa shape index (κ2) is 11.3. The first-order valence-electron chi connectivity index (χ1n) is 13.6. The van der Waals surface area contributed by atoms with Gasteiger partial charge in [-0.25, -0.2) is 4.98 Å². The highest BCUT2D eigenvalue weighted by atomic mass is 16.5. The molecule has 3 saturated heterocycles. The Morgan fingerprint density at radius 2 is 1.83 bits per heavy atom. The lowest BCUT2D eigenvalue weighted by molar-refractivity contribution is 0.0532. The zero-order chi connectivity index (χ0) is 24.2. The number of nitrogens with zero attached hydrogens (tertiary/aromatic N) is 3. The summed E-state index contributed by atoms with van der Waals surface area (Å²) in [4.78, 5) is 10.00. The van der Waals surface area contributed by atoms with Gasteiger partial charge in [0.05, 0.1) is 37.1 Å². The second-order valence-electron chi connectivity index (χ2n) is 10.6. The number of nitrogens with one attached hydrogen (secondary N) is 1. The summed E-state index contributed by atoms with van der Waals surface area (Å²) < 4.78 is 18.2. The van der Waals surface area contributed by atoms with Crippen LogP contribution in [-0.2, 0) is 4.74 Å². The van der Waals surface area contributed by atoms with Gasteiger partial charge >= 0.3 is 0 Å². The van der Waals surface area contributed by atoms with Crippen LogP contribution in [0.25, 0.3) is 10.9 Å². The smallest absolute Gasteiger partial charge is 0.163 e. The Hall–Kier alpha value is -2.09. The van der Waals surface area contributed by atoms with Gasteiger partial charge in [0.1, 0.15) is 0 Å². The molecule has 7 heteroatoms. The molecule has 2 aromatic rings. The quantitative estimate of drug-likeness (QED) is 0.513. The molecule has 35 heavy (non-hydrogen) atoms. The van der Waals surface area contributed by atoms with Gasteiger partial charge in [-0.05, 0) is 97.2 Å². The Kier molecular flexibility index (Phi) is 7.95. The average Bonchev–Trinajstić information content (AvgIpc) is 3.54. The predicted octanol–water partition coefficient (Wildman–Crippen LogP) is 4.85. The number of benzene rings is 1. The monoisotopic (exact) mass is 482 g/mol. The van der Waals surface area contributed by atoms with Crippen LogP contribution in [0.4, 0.5) is 5.69 Å². The van der Waals surface area contributed by atoms with Crippen LogP contribution >= 0.6 is 0 Å². The molecule has 0 radical (unpaired) electrons. The molecule has 2 unspecified atom stereocenters. The van der Waals surface area contributed by atoms with Crippen LogP contribution in [0.1, 0.15) is 63.7 Å². The molecule has 3 aliphatic rings. The SMILES string of the molecule is COc1cc2c(NC3CCN(C)CC3)cc(C3CCC(C)O3)nc2cc1OCCCN1CCCC1. The summed E-state index contributed by atoms with van der Waals surface area (Å²) in [6, 6.07) is 6.82. The van der Waals surface area contributed by atoms with Crippen LogP contribution in [0.3, 0.4) is 0 Å². The van der Waals surface area contributed by atoms with Crippen molar-refractivity contribution in [2.45, 2.75) is 70.1 Å². The van der Waals surface area contributed by atoms with Crippen LogP contribution in [-0.4, -0.2) is 80.4 Å². The molecule has 1 aromatic carbocycles. The molecule has 0 bridgehead atoms. The first-order chi connectivity index (χ1) is 17.1. The molecule has 4 heterocycles. The van der Waals surface area contributed by atoms with Crippen molar-refractivity contribution >= 4 is 16.6 Å². The fourth-order valence-electron chi connectivity index (χ4n) is 5.68. The Morgan fingerprint density at radius 3 is 2.54 bits per heavy atom. The molecule has 0 amide bonds. The number of pyridine rings is 1. The zero-order valence-corrected chi connectivity index (χ0v) is 21.7. The van der Waals surface area contributed by atoms with Crippen LogP contribution < -0.4 is 14.8 Å². The van der Waals surface area contributed by atoms with E-state index in [-0.39, 0.29) is 12.2 Å². The maximum atomic E-state index is 6.23. The van der Waals surface area contributed by atoms with Gasteiger partial charge in [0, 0.05) is 29.7 Å². The van der Waals surface area contributed by atoms with E-state index in [4.69, 9.17) is 19.2 Å². The highest BCUT2D eigenvalue weighted by Gasteiger charge is 2.27. The predicted molar refractivity (Wildman–Crippen MR) is 141 cm³/mol. The summed E-state index contributed by atoms with van der Waals surface area (Å²) >= 11 is 0. The van der Waals surface area contributed by atoms with Crippen molar-refractivity contribution in [1.29, 1.82) is 0 Å². The number of hydrogen-bond donors (Lipinski definition) is 1. The maximum absolute atomic E-state index is 6.23. The molecule has 7 nitrogen and oxygen atoms in total. The molecule has 0 spiro atoms. The van der Waals surface area contributed by atoms with Crippen molar-refractivity contribution in [2.24, 2.45) is 0 Å². The van der Waals surface area contributed by atoms with E-state index in [2.05, 4.69) is 47.3 Å². The molecule has 3 fully saturated rings. The van der Waals surface area contributed by atoms with Crippen molar-refractivity contribution < 1.29 is 14.2 Å². The number of anilines is 1. The van der Waals surface area contributed by atoms with Gasteiger partial charge in [-0.2, -0.15) is 0 Å². The highest BCUT2D eigenvalue weighted by molar-refractivity contribution is 5.94. The summed E-state index contributed by atoms with van der Waals surface area (Å²) in [5.41, 5.74) is 3.08. The minimum absolute atomic E-state index is 0.0550. The average molecular weight is 483 g/mol. The maximum Gasteiger partial charge on any atom is 0.163 e.